The van der Waals surface area contributed by atoms with Gasteiger partial charge in [-0.25, -0.2) is 4.98 Å². The number of ether oxygens (including phenoxy) is 1. The second kappa shape index (κ2) is 9.59. The minimum Gasteiger partial charge on any atom is -0.477 e. The first kappa shape index (κ1) is 15.7. The number of nitrogens with one attached hydrogen (secondary N) is 1. The molecule has 0 bridgehead atoms. The fourth-order valence-corrected chi connectivity index (χ4v) is 1.77. The van der Waals surface area contributed by atoms with Crippen LogP contribution in [-0.4, -0.2) is 23.1 Å². The number of aryl methyl sites for hydroxylation is 1. The lowest BCUT2D eigenvalue weighted by Gasteiger charge is -2.09. The highest BCUT2D eigenvalue weighted by Crippen LogP contribution is 2.16. The Hall–Kier alpha value is -1.32. The van der Waals surface area contributed by atoms with E-state index in [-0.39, 0.29) is 0 Å². The monoisotopic (exact) mass is 265 g/mol. The van der Waals surface area contributed by atoms with E-state index in [1.165, 1.54) is 25.7 Å². The summed E-state index contributed by atoms with van der Waals surface area (Å²) in [5.41, 5.74) is 0.996. The minimum absolute atomic E-state index is 0.661. The fraction of sp³-hybridized carbons (Fsp3) is 0.733. The zero-order chi connectivity index (χ0) is 13.9. The number of rotatable bonds is 10. The van der Waals surface area contributed by atoms with E-state index < -0.39 is 0 Å². The number of anilines is 1. The summed E-state index contributed by atoms with van der Waals surface area (Å²) in [5.74, 6) is 1.37. The Labute approximate surface area is 117 Å². The Morgan fingerprint density at radius 2 is 1.89 bits per heavy atom. The Morgan fingerprint density at radius 1 is 1.11 bits per heavy atom. The van der Waals surface area contributed by atoms with E-state index in [1.54, 1.807) is 0 Å². The summed E-state index contributed by atoms with van der Waals surface area (Å²) in [4.78, 5) is 8.64. The molecule has 4 nitrogen and oxygen atoms in total. The molecule has 0 aromatic carbocycles. The summed E-state index contributed by atoms with van der Waals surface area (Å²) in [5, 5.41) is 3.18. The van der Waals surface area contributed by atoms with Crippen molar-refractivity contribution in [1.82, 2.24) is 9.97 Å². The van der Waals surface area contributed by atoms with E-state index >= 15 is 0 Å². The number of nitrogens with zero attached hydrogens (tertiary/aromatic N) is 2. The smallest absolute Gasteiger partial charge is 0.225 e. The van der Waals surface area contributed by atoms with Gasteiger partial charge in [-0.1, -0.05) is 39.5 Å². The van der Waals surface area contributed by atoms with E-state index in [9.17, 15) is 0 Å². The Bertz CT molecular complexity index is 355. The molecule has 0 spiro atoms. The lowest BCUT2D eigenvalue weighted by Crippen LogP contribution is -2.07. The van der Waals surface area contributed by atoms with Crippen LogP contribution in [0.4, 0.5) is 5.95 Å². The largest absolute Gasteiger partial charge is 0.477 e. The number of aromatic nitrogens is 2. The van der Waals surface area contributed by atoms with Gasteiger partial charge in [0.05, 0.1) is 6.61 Å². The molecule has 0 fully saturated rings. The predicted octanol–water partition coefficient (Wildman–Crippen LogP) is 3.96. The highest BCUT2D eigenvalue weighted by molar-refractivity contribution is 5.32. The molecule has 0 radical (unpaired) electrons. The van der Waals surface area contributed by atoms with Gasteiger partial charge in [0.25, 0.3) is 0 Å². The van der Waals surface area contributed by atoms with Gasteiger partial charge < -0.3 is 10.1 Å². The molecular weight excluding hydrogens is 238 g/mol. The summed E-state index contributed by atoms with van der Waals surface area (Å²) in [6.45, 7) is 7.96. The van der Waals surface area contributed by atoms with Crippen LogP contribution in [-0.2, 0) is 0 Å². The van der Waals surface area contributed by atoms with Crippen LogP contribution in [0.1, 0.15) is 57.9 Å². The van der Waals surface area contributed by atoms with Crippen LogP contribution in [0.5, 0.6) is 5.88 Å². The Morgan fingerprint density at radius 3 is 2.63 bits per heavy atom. The maximum absolute atomic E-state index is 5.75. The molecule has 0 aliphatic heterocycles. The normalized spacial score (nSPS) is 10.5. The van der Waals surface area contributed by atoms with Crippen LogP contribution in [0.25, 0.3) is 0 Å². The van der Waals surface area contributed by atoms with Crippen molar-refractivity contribution in [2.75, 3.05) is 18.5 Å². The van der Waals surface area contributed by atoms with Crippen LogP contribution < -0.4 is 10.1 Å². The zero-order valence-electron chi connectivity index (χ0n) is 12.5. The van der Waals surface area contributed by atoms with Crippen LogP contribution in [0, 0.1) is 6.92 Å². The summed E-state index contributed by atoms with van der Waals surface area (Å²) in [7, 11) is 0. The van der Waals surface area contributed by atoms with Crippen molar-refractivity contribution in [3.63, 3.8) is 0 Å². The van der Waals surface area contributed by atoms with Crippen molar-refractivity contribution in [3.05, 3.63) is 11.8 Å². The second-order valence-electron chi connectivity index (χ2n) is 4.87. The van der Waals surface area contributed by atoms with E-state index in [4.69, 9.17) is 4.74 Å². The van der Waals surface area contributed by atoms with E-state index in [0.29, 0.717) is 11.8 Å². The lowest BCUT2D eigenvalue weighted by molar-refractivity contribution is 0.291. The molecule has 0 saturated heterocycles. The van der Waals surface area contributed by atoms with E-state index in [2.05, 4.69) is 29.1 Å². The molecule has 0 amide bonds. The predicted molar refractivity (Wildman–Crippen MR) is 79.8 cm³/mol. The minimum atomic E-state index is 0.661. The lowest BCUT2D eigenvalue weighted by atomic mass is 10.2. The number of hydrogen-bond acceptors (Lipinski definition) is 4. The van der Waals surface area contributed by atoms with Crippen molar-refractivity contribution in [2.45, 2.75) is 59.3 Å². The summed E-state index contributed by atoms with van der Waals surface area (Å²) in [6.07, 6.45) is 9.10. The average Bonchev–Trinajstić information content (AvgIpc) is 2.43. The van der Waals surface area contributed by atoms with Gasteiger partial charge in [-0.15, -0.1) is 0 Å². The SMILES string of the molecule is CCCCCCCOc1nc(NCCC)ncc1C. The third kappa shape index (κ3) is 6.41. The van der Waals surface area contributed by atoms with Crippen LogP contribution in [0.3, 0.4) is 0 Å². The third-order valence-electron chi connectivity index (χ3n) is 2.95. The van der Waals surface area contributed by atoms with Gasteiger partial charge in [0.15, 0.2) is 0 Å². The standard InChI is InChI=1S/C15H27N3O/c1-4-6-7-8-9-11-19-14-13(3)12-17-15(18-14)16-10-5-2/h12H,4-11H2,1-3H3,(H,16,17,18). The van der Waals surface area contributed by atoms with Gasteiger partial charge >= 0.3 is 0 Å². The molecule has 1 rings (SSSR count). The second-order valence-corrected chi connectivity index (χ2v) is 4.87. The molecule has 4 heteroatoms. The first-order valence-corrected chi connectivity index (χ1v) is 7.48. The van der Waals surface area contributed by atoms with Crippen molar-refractivity contribution >= 4 is 5.95 Å². The quantitative estimate of drug-likeness (QED) is 0.651. The average molecular weight is 265 g/mol. The molecule has 108 valence electrons. The Balaban J connectivity index is 2.34. The highest BCUT2D eigenvalue weighted by Gasteiger charge is 2.04. The van der Waals surface area contributed by atoms with Gasteiger partial charge in [0, 0.05) is 18.3 Å². The molecule has 1 heterocycles. The van der Waals surface area contributed by atoms with Gasteiger partial charge in [0.2, 0.25) is 11.8 Å². The van der Waals surface area contributed by atoms with Gasteiger partial charge in [0.1, 0.15) is 0 Å². The first-order chi connectivity index (χ1) is 9.27. The molecule has 0 unspecified atom stereocenters. The summed E-state index contributed by atoms with van der Waals surface area (Å²) >= 11 is 0. The zero-order valence-corrected chi connectivity index (χ0v) is 12.5. The maximum atomic E-state index is 5.75. The van der Waals surface area contributed by atoms with Crippen LogP contribution in [0.15, 0.2) is 6.20 Å². The van der Waals surface area contributed by atoms with E-state index in [0.717, 1.165) is 31.6 Å². The van der Waals surface area contributed by atoms with Crippen molar-refractivity contribution in [3.8, 4) is 5.88 Å². The van der Waals surface area contributed by atoms with Crippen molar-refractivity contribution in [2.24, 2.45) is 0 Å². The topological polar surface area (TPSA) is 47.0 Å². The van der Waals surface area contributed by atoms with Crippen molar-refractivity contribution in [1.29, 1.82) is 0 Å². The van der Waals surface area contributed by atoms with Crippen LogP contribution in [0.2, 0.25) is 0 Å². The molecule has 0 atom stereocenters. The molecule has 19 heavy (non-hydrogen) atoms. The highest BCUT2D eigenvalue weighted by atomic mass is 16.5. The molecule has 0 aliphatic carbocycles. The summed E-state index contributed by atoms with van der Waals surface area (Å²) in [6, 6.07) is 0. The van der Waals surface area contributed by atoms with Crippen molar-refractivity contribution < 1.29 is 4.74 Å². The van der Waals surface area contributed by atoms with Gasteiger partial charge in [-0.2, -0.15) is 4.98 Å². The number of hydrogen-bond donors (Lipinski definition) is 1. The maximum Gasteiger partial charge on any atom is 0.225 e. The third-order valence-corrected chi connectivity index (χ3v) is 2.95. The molecule has 1 aromatic rings. The molecular formula is C15H27N3O. The van der Waals surface area contributed by atoms with Crippen LogP contribution >= 0.6 is 0 Å². The molecule has 1 N–H and O–H groups in total. The molecule has 0 saturated carbocycles. The van der Waals surface area contributed by atoms with E-state index in [1.807, 2.05) is 13.1 Å². The molecule has 1 aromatic heterocycles. The Kier molecular flexibility index (Phi) is 7.94. The summed E-state index contributed by atoms with van der Waals surface area (Å²) < 4.78 is 5.75. The first-order valence-electron chi connectivity index (χ1n) is 7.48. The van der Waals surface area contributed by atoms with Gasteiger partial charge in [-0.05, 0) is 19.8 Å². The number of unbranched alkanes of at least 4 members (excludes halogenated alkanes) is 4. The van der Waals surface area contributed by atoms with Gasteiger partial charge in [-0.3, -0.25) is 0 Å². The fourth-order valence-electron chi connectivity index (χ4n) is 1.77. The molecule has 0 aliphatic rings.